The van der Waals surface area contributed by atoms with Gasteiger partial charge in [-0.05, 0) is 50.6 Å². The normalized spacial score (nSPS) is 19.7. The second-order valence-corrected chi connectivity index (χ2v) is 10.1. The van der Waals surface area contributed by atoms with E-state index in [9.17, 15) is 18.0 Å². The summed E-state index contributed by atoms with van der Waals surface area (Å²) in [7, 11) is -4.04. The molecule has 2 aromatic rings. The second kappa shape index (κ2) is 8.51. The highest BCUT2D eigenvalue weighted by atomic mass is 79.9. The lowest BCUT2D eigenvalue weighted by atomic mass is 9.99. The molecule has 0 aliphatic heterocycles. The zero-order valence-corrected chi connectivity index (χ0v) is 19.3. The van der Waals surface area contributed by atoms with Crippen LogP contribution < -0.4 is 0 Å². The predicted octanol–water partition coefficient (Wildman–Crippen LogP) is 3.81. The summed E-state index contributed by atoms with van der Waals surface area (Å²) in [6, 6.07) is 13.2. The van der Waals surface area contributed by atoms with Crippen LogP contribution in [0, 0.1) is 12.3 Å². The van der Waals surface area contributed by atoms with Crippen molar-refractivity contribution in [3.8, 4) is 0 Å². The lowest BCUT2D eigenvalue weighted by Gasteiger charge is -2.15. The summed E-state index contributed by atoms with van der Waals surface area (Å²) in [4.78, 5) is 26.1. The van der Waals surface area contributed by atoms with Crippen LogP contribution in [-0.2, 0) is 28.9 Å². The molecule has 3 rings (SSSR count). The van der Waals surface area contributed by atoms with E-state index in [2.05, 4.69) is 15.9 Å². The third kappa shape index (κ3) is 3.67. The van der Waals surface area contributed by atoms with Gasteiger partial charge in [0.25, 0.3) is 0 Å². The molecule has 0 saturated heterocycles. The van der Waals surface area contributed by atoms with Gasteiger partial charge >= 0.3 is 11.9 Å². The van der Waals surface area contributed by atoms with Crippen molar-refractivity contribution in [2.45, 2.75) is 36.8 Å². The first-order valence-corrected chi connectivity index (χ1v) is 12.0. The minimum atomic E-state index is -4.04. The van der Waals surface area contributed by atoms with E-state index in [1.54, 1.807) is 50.2 Å². The molecule has 2 aromatic carbocycles. The number of carbonyl (C=O) groups is 2. The maximum atomic E-state index is 13.6. The second-order valence-electron chi connectivity index (χ2n) is 7.12. The van der Waals surface area contributed by atoms with Crippen molar-refractivity contribution in [1.82, 2.24) is 0 Å². The van der Waals surface area contributed by atoms with E-state index in [0.29, 0.717) is 5.56 Å². The SMILES string of the molecule is CCOC(=O)C1(C(=O)OCC)[C@H](c2ccc(Br)cc2)[C@@H]1S(=O)(=O)c1ccc(C)cc1. The number of rotatable bonds is 7. The molecule has 6 nitrogen and oxygen atoms in total. The molecule has 1 aliphatic rings. The van der Waals surface area contributed by atoms with Crippen molar-refractivity contribution < 1.29 is 27.5 Å². The molecule has 2 atom stereocenters. The molecular formula is C22H23BrO6S. The molecule has 0 spiro atoms. The molecule has 1 aliphatic carbocycles. The number of aryl methyl sites for hydroxylation is 1. The van der Waals surface area contributed by atoms with Crippen LogP contribution in [0.1, 0.15) is 30.9 Å². The topological polar surface area (TPSA) is 86.7 Å². The quantitative estimate of drug-likeness (QED) is 0.429. The molecule has 0 unspecified atom stereocenters. The Labute approximate surface area is 184 Å². The number of esters is 2. The molecule has 0 aromatic heterocycles. The Morgan fingerprint density at radius 2 is 1.43 bits per heavy atom. The summed E-state index contributed by atoms with van der Waals surface area (Å²) in [6.45, 7) is 5.10. The Morgan fingerprint density at radius 1 is 0.933 bits per heavy atom. The fraction of sp³-hybridized carbons (Fsp3) is 0.364. The van der Waals surface area contributed by atoms with Crippen LogP contribution in [0.3, 0.4) is 0 Å². The zero-order chi connectivity index (χ0) is 22.1. The van der Waals surface area contributed by atoms with Gasteiger partial charge in [-0.15, -0.1) is 0 Å². The van der Waals surface area contributed by atoms with Crippen molar-refractivity contribution in [2.24, 2.45) is 5.41 Å². The van der Waals surface area contributed by atoms with E-state index in [1.165, 1.54) is 12.1 Å². The smallest absolute Gasteiger partial charge is 0.325 e. The van der Waals surface area contributed by atoms with Crippen molar-refractivity contribution in [3.05, 3.63) is 64.1 Å². The maximum Gasteiger partial charge on any atom is 0.325 e. The number of ether oxygens (including phenoxy) is 2. The fourth-order valence-electron chi connectivity index (χ4n) is 3.83. The average molecular weight is 495 g/mol. The molecule has 30 heavy (non-hydrogen) atoms. The molecule has 8 heteroatoms. The molecule has 0 amide bonds. The van der Waals surface area contributed by atoms with E-state index >= 15 is 0 Å². The molecule has 0 radical (unpaired) electrons. The Morgan fingerprint density at radius 3 is 1.90 bits per heavy atom. The summed E-state index contributed by atoms with van der Waals surface area (Å²) in [5.41, 5.74) is -0.486. The maximum absolute atomic E-state index is 13.6. The molecule has 1 fully saturated rings. The summed E-state index contributed by atoms with van der Waals surface area (Å²) < 4.78 is 38.3. The number of sulfone groups is 1. The van der Waals surface area contributed by atoms with Gasteiger partial charge in [-0.1, -0.05) is 45.8 Å². The van der Waals surface area contributed by atoms with Crippen molar-refractivity contribution in [3.63, 3.8) is 0 Å². The van der Waals surface area contributed by atoms with Gasteiger partial charge in [0.2, 0.25) is 0 Å². The Balaban J connectivity index is 2.19. The summed E-state index contributed by atoms with van der Waals surface area (Å²) in [5, 5.41) is -1.31. The Hall–Kier alpha value is -2.19. The monoisotopic (exact) mass is 494 g/mol. The summed E-state index contributed by atoms with van der Waals surface area (Å²) in [6.07, 6.45) is 0. The first kappa shape index (κ1) is 22.5. The van der Waals surface area contributed by atoms with E-state index < -0.39 is 38.4 Å². The first-order chi connectivity index (χ1) is 14.2. The van der Waals surface area contributed by atoms with Crippen LogP contribution >= 0.6 is 15.9 Å². The van der Waals surface area contributed by atoms with Gasteiger partial charge in [0, 0.05) is 10.4 Å². The van der Waals surface area contributed by atoms with E-state index in [1.807, 2.05) is 6.92 Å². The molecule has 0 N–H and O–H groups in total. The van der Waals surface area contributed by atoms with Crippen LogP contribution in [0.2, 0.25) is 0 Å². The van der Waals surface area contributed by atoms with Gasteiger partial charge in [-0.25, -0.2) is 8.42 Å². The minimum absolute atomic E-state index is 0.0182. The number of hydrogen-bond acceptors (Lipinski definition) is 6. The van der Waals surface area contributed by atoms with Gasteiger partial charge < -0.3 is 9.47 Å². The van der Waals surface area contributed by atoms with Crippen LogP contribution in [0.5, 0.6) is 0 Å². The lowest BCUT2D eigenvalue weighted by Crippen LogP contribution is -2.35. The van der Waals surface area contributed by atoms with Crippen molar-refractivity contribution in [2.75, 3.05) is 13.2 Å². The van der Waals surface area contributed by atoms with Gasteiger partial charge in [0.05, 0.1) is 18.1 Å². The minimum Gasteiger partial charge on any atom is -0.465 e. The van der Waals surface area contributed by atoms with Crippen molar-refractivity contribution in [1.29, 1.82) is 0 Å². The van der Waals surface area contributed by atoms with E-state index in [0.717, 1.165) is 10.0 Å². The van der Waals surface area contributed by atoms with Gasteiger partial charge in [0.15, 0.2) is 15.3 Å². The van der Waals surface area contributed by atoms with Crippen molar-refractivity contribution >= 4 is 37.7 Å². The van der Waals surface area contributed by atoms with Crippen LogP contribution in [0.4, 0.5) is 0 Å². The van der Waals surface area contributed by atoms with Gasteiger partial charge in [-0.3, -0.25) is 9.59 Å². The summed E-state index contributed by atoms with van der Waals surface area (Å²) >= 11 is 3.35. The highest BCUT2D eigenvalue weighted by Crippen LogP contribution is 2.65. The Bertz CT molecular complexity index is 1030. The van der Waals surface area contributed by atoms with Crippen LogP contribution in [0.25, 0.3) is 0 Å². The molecular weight excluding hydrogens is 472 g/mol. The first-order valence-electron chi connectivity index (χ1n) is 9.61. The molecule has 0 bridgehead atoms. The highest BCUT2D eigenvalue weighted by molar-refractivity contribution is 9.10. The van der Waals surface area contributed by atoms with E-state index in [4.69, 9.17) is 9.47 Å². The average Bonchev–Trinajstić information content (AvgIpc) is 3.42. The van der Waals surface area contributed by atoms with E-state index in [-0.39, 0.29) is 18.1 Å². The van der Waals surface area contributed by atoms with Crippen LogP contribution in [0.15, 0.2) is 57.9 Å². The number of hydrogen-bond donors (Lipinski definition) is 0. The zero-order valence-electron chi connectivity index (χ0n) is 16.9. The highest BCUT2D eigenvalue weighted by Gasteiger charge is 2.81. The fourth-order valence-corrected chi connectivity index (χ4v) is 6.39. The van der Waals surface area contributed by atoms with Gasteiger partial charge in [0.1, 0.15) is 5.25 Å². The molecule has 1 saturated carbocycles. The largest absolute Gasteiger partial charge is 0.465 e. The number of halogens is 1. The van der Waals surface area contributed by atoms with Crippen LogP contribution in [-0.4, -0.2) is 38.8 Å². The van der Waals surface area contributed by atoms with Gasteiger partial charge in [-0.2, -0.15) is 0 Å². The third-order valence-electron chi connectivity index (χ3n) is 5.27. The molecule has 160 valence electrons. The molecule has 0 heterocycles. The standard InChI is InChI=1S/C22H23BrO6S/c1-4-28-20(24)22(21(25)29-5-2)18(15-8-10-16(23)11-9-15)19(22)30(26,27)17-12-6-14(3)7-13-17/h6-13,18-19H,4-5H2,1-3H3/t18-,19+/m1/s1. The third-order valence-corrected chi connectivity index (χ3v) is 8.04. The predicted molar refractivity (Wildman–Crippen MR) is 115 cm³/mol. The summed E-state index contributed by atoms with van der Waals surface area (Å²) in [5.74, 6) is -2.66. The Kier molecular flexibility index (Phi) is 6.38. The number of benzene rings is 2. The lowest BCUT2D eigenvalue weighted by molar-refractivity contribution is -0.164. The number of carbonyl (C=O) groups excluding carboxylic acids is 2.